The van der Waals surface area contributed by atoms with Crippen LogP contribution in [-0.4, -0.2) is 24.5 Å². The Morgan fingerprint density at radius 3 is 2.45 bits per heavy atom. The van der Waals surface area contributed by atoms with Crippen molar-refractivity contribution in [3.8, 4) is 0 Å². The van der Waals surface area contributed by atoms with Crippen molar-refractivity contribution in [2.24, 2.45) is 17.1 Å². The van der Waals surface area contributed by atoms with Gasteiger partial charge >= 0.3 is 0 Å². The number of carbonyl (C=O) groups is 1. The van der Waals surface area contributed by atoms with Gasteiger partial charge in [-0.25, -0.2) is 0 Å². The highest BCUT2D eigenvalue weighted by Gasteiger charge is 2.45. The zero-order chi connectivity index (χ0) is 14.6. The summed E-state index contributed by atoms with van der Waals surface area (Å²) >= 11 is 0. The van der Waals surface area contributed by atoms with Crippen LogP contribution in [0.4, 0.5) is 0 Å². The van der Waals surface area contributed by atoms with E-state index in [1.807, 2.05) is 0 Å². The van der Waals surface area contributed by atoms with E-state index in [1.165, 1.54) is 19.3 Å². The van der Waals surface area contributed by atoms with Gasteiger partial charge in [0.1, 0.15) is 5.78 Å². The van der Waals surface area contributed by atoms with Crippen LogP contribution in [0.25, 0.3) is 0 Å². The minimum absolute atomic E-state index is 0.0125. The SMILES string of the molecule is CCC(CC)(CN)C(=O)C1CCOC2(CCCCC2)C1. The Morgan fingerprint density at radius 1 is 1.25 bits per heavy atom. The molecule has 2 N–H and O–H groups in total. The highest BCUT2D eigenvalue weighted by Crippen LogP contribution is 2.43. The van der Waals surface area contributed by atoms with Crippen LogP contribution in [0.2, 0.25) is 0 Å². The van der Waals surface area contributed by atoms with Gasteiger partial charge in [0.2, 0.25) is 0 Å². The molecular formula is C17H31NO2. The Bertz CT molecular complexity index is 316. The van der Waals surface area contributed by atoms with Crippen LogP contribution < -0.4 is 5.73 Å². The minimum atomic E-state index is -0.294. The molecule has 3 heteroatoms. The fourth-order valence-electron chi connectivity index (χ4n) is 4.22. The molecule has 1 unspecified atom stereocenters. The number of nitrogens with two attached hydrogens (primary N) is 1. The molecule has 2 rings (SSSR count). The first-order valence-electron chi connectivity index (χ1n) is 8.50. The number of carbonyl (C=O) groups excluding carboxylic acids is 1. The van der Waals surface area contributed by atoms with Gasteiger partial charge in [0.15, 0.2) is 0 Å². The zero-order valence-corrected chi connectivity index (χ0v) is 13.2. The first-order valence-corrected chi connectivity index (χ1v) is 8.50. The molecule has 1 aliphatic heterocycles. The lowest BCUT2D eigenvalue weighted by molar-refractivity contribution is -0.151. The van der Waals surface area contributed by atoms with Crippen LogP contribution in [0, 0.1) is 11.3 Å². The third-order valence-corrected chi connectivity index (χ3v) is 5.90. The summed E-state index contributed by atoms with van der Waals surface area (Å²) in [6, 6.07) is 0. The van der Waals surface area contributed by atoms with Gasteiger partial charge in [-0.3, -0.25) is 4.79 Å². The first-order chi connectivity index (χ1) is 9.61. The highest BCUT2D eigenvalue weighted by atomic mass is 16.5. The van der Waals surface area contributed by atoms with E-state index in [2.05, 4.69) is 13.8 Å². The van der Waals surface area contributed by atoms with Crippen molar-refractivity contribution in [2.75, 3.05) is 13.2 Å². The van der Waals surface area contributed by atoms with Crippen molar-refractivity contribution in [3.63, 3.8) is 0 Å². The molecule has 1 aliphatic carbocycles. The lowest BCUT2D eigenvalue weighted by atomic mass is 9.68. The van der Waals surface area contributed by atoms with Crippen molar-refractivity contribution in [1.29, 1.82) is 0 Å². The minimum Gasteiger partial charge on any atom is -0.375 e. The maximum absolute atomic E-state index is 13.0. The van der Waals surface area contributed by atoms with E-state index in [0.717, 1.165) is 45.1 Å². The van der Waals surface area contributed by atoms with E-state index in [9.17, 15) is 4.79 Å². The number of hydrogen-bond acceptors (Lipinski definition) is 3. The molecule has 0 amide bonds. The Morgan fingerprint density at radius 2 is 1.90 bits per heavy atom. The normalized spacial score (nSPS) is 26.6. The molecule has 0 aromatic rings. The number of Topliss-reactive ketones (excluding diaryl/α,β-unsaturated/α-hetero) is 1. The summed E-state index contributed by atoms with van der Waals surface area (Å²) in [6.07, 6.45) is 9.67. The fourth-order valence-corrected chi connectivity index (χ4v) is 4.22. The third-order valence-electron chi connectivity index (χ3n) is 5.90. The van der Waals surface area contributed by atoms with E-state index < -0.39 is 0 Å². The Labute approximate surface area is 123 Å². The van der Waals surface area contributed by atoms with Gasteiger partial charge in [-0.05, 0) is 38.5 Å². The topological polar surface area (TPSA) is 52.3 Å². The van der Waals surface area contributed by atoms with E-state index in [1.54, 1.807) is 0 Å². The van der Waals surface area contributed by atoms with Gasteiger partial charge in [-0.2, -0.15) is 0 Å². The van der Waals surface area contributed by atoms with Crippen molar-refractivity contribution < 1.29 is 9.53 Å². The van der Waals surface area contributed by atoms with E-state index in [0.29, 0.717) is 12.3 Å². The van der Waals surface area contributed by atoms with Gasteiger partial charge in [0, 0.05) is 24.5 Å². The second-order valence-corrected chi connectivity index (χ2v) is 6.84. The molecule has 20 heavy (non-hydrogen) atoms. The van der Waals surface area contributed by atoms with Crippen molar-refractivity contribution in [1.82, 2.24) is 0 Å². The molecule has 0 radical (unpaired) electrons. The Hall–Kier alpha value is -0.410. The Balaban J connectivity index is 2.09. The molecule has 1 saturated heterocycles. The van der Waals surface area contributed by atoms with Gasteiger partial charge < -0.3 is 10.5 Å². The molecule has 2 aliphatic rings. The van der Waals surface area contributed by atoms with Gasteiger partial charge in [0.05, 0.1) is 5.60 Å². The number of ether oxygens (including phenoxy) is 1. The first kappa shape index (κ1) is 16.0. The summed E-state index contributed by atoms with van der Waals surface area (Å²) in [5.41, 5.74) is 5.67. The van der Waals surface area contributed by atoms with Gasteiger partial charge in [-0.15, -0.1) is 0 Å². The van der Waals surface area contributed by atoms with Gasteiger partial charge in [-0.1, -0.05) is 33.1 Å². The standard InChI is InChI=1S/C17H31NO2/c1-3-16(4-2,13-18)15(19)14-8-11-20-17(12-14)9-6-5-7-10-17/h14H,3-13,18H2,1-2H3. The molecule has 0 aromatic heterocycles. The number of ketones is 1. The molecule has 1 heterocycles. The van der Waals surface area contributed by atoms with Crippen LogP contribution in [0.5, 0.6) is 0 Å². The van der Waals surface area contributed by atoms with Crippen LogP contribution in [0.1, 0.15) is 71.6 Å². The average molecular weight is 281 g/mol. The zero-order valence-electron chi connectivity index (χ0n) is 13.2. The quantitative estimate of drug-likeness (QED) is 0.839. The molecule has 1 spiro atoms. The van der Waals surface area contributed by atoms with Crippen molar-refractivity contribution in [3.05, 3.63) is 0 Å². The number of rotatable bonds is 5. The van der Waals surface area contributed by atoms with Gasteiger partial charge in [0.25, 0.3) is 0 Å². The molecule has 0 bridgehead atoms. The maximum Gasteiger partial charge on any atom is 0.143 e. The van der Waals surface area contributed by atoms with Crippen LogP contribution in [0.3, 0.4) is 0 Å². The average Bonchev–Trinajstić information content (AvgIpc) is 2.50. The number of hydrogen-bond donors (Lipinski definition) is 1. The molecule has 3 nitrogen and oxygen atoms in total. The summed E-state index contributed by atoms with van der Waals surface area (Å²) in [7, 11) is 0. The van der Waals surface area contributed by atoms with Crippen molar-refractivity contribution in [2.45, 2.75) is 77.2 Å². The molecule has 1 saturated carbocycles. The van der Waals surface area contributed by atoms with E-state index in [4.69, 9.17) is 10.5 Å². The smallest absolute Gasteiger partial charge is 0.143 e. The maximum atomic E-state index is 13.0. The summed E-state index contributed by atoms with van der Waals surface area (Å²) in [5.74, 6) is 0.587. The van der Waals surface area contributed by atoms with Crippen LogP contribution in [-0.2, 0) is 9.53 Å². The van der Waals surface area contributed by atoms with Crippen LogP contribution in [0.15, 0.2) is 0 Å². The van der Waals surface area contributed by atoms with E-state index >= 15 is 0 Å². The summed E-state index contributed by atoms with van der Waals surface area (Å²) in [6.45, 7) is 5.45. The highest BCUT2D eigenvalue weighted by molar-refractivity contribution is 5.87. The predicted molar refractivity (Wildman–Crippen MR) is 81.6 cm³/mol. The largest absolute Gasteiger partial charge is 0.375 e. The second kappa shape index (κ2) is 6.57. The third kappa shape index (κ3) is 2.94. The lowest BCUT2D eigenvalue weighted by Gasteiger charge is -2.45. The summed E-state index contributed by atoms with van der Waals surface area (Å²) < 4.78 is 6.12. The Kier molecular flexibility index (Phi) is 5.25. The summed E-state index contributed by atoms with van der Waals surface area (Å²) in [5, 5.41) is 0. The lowest BCUT2D eigenvalue weighted by Crippen LogP contribution is -2.48. The molecule has 116 valence electrons. The molecule has 1 atom stereocenters. The molecule has 0 aromatic carbocycles. The predicted octanol–water partition coefficient (Wildman–Crippen LogP) is 3.45. The van der Waals surface area contributed by atoms with Crippen LogP contribution >= 0.6 is 0 Å². The fraction of sp³-hybridized carbons (Fsp3) is 0.941. The monoisotopic (exact) mass is 281 g/mol. The summed E-state index contributed by atoms with van der Waals surface area (Å²) in [4.78, 5) is 13.0. The molecule has 2 fully saturated rings. The van der Waals surface area contributed by atoms with Crippen molar-refractivity contribution >= 4 is 5.78 Å². The molecular weight excluding hydrogens is 250 g/mol. The second-order valence-electron chi connectivity index (χ2n) is 6.84. The van der Waals surface area contributed by atoms with E-state index in [-0.39, 0.29) is 16.9 Å².